The SMILES string of the molecule is CC1SCCN(c2ccc(Cl)cc2/C(N)=N/O)C1C. The number of nitrogens with zero attached hydrogens (tertiary/aromatic N) is 2. The molecule has 0 aliphatic carbocycles. The monoisotopic (exact) mass is 299 g/mol. The standard InChI is InChI=1S/C13H18ClN3OS/c1-8-9(2)19-6-5-17(8)12-4-3-10(14)7-11(12)13(15)16-18/h3-4,7-9,18H,5-6H2,1-2H3,(H2,15,16). The number of hydrogen-bond acceptors (Lipinski definition) is 4. The fourth-order valence-electron chi connectivity index (χ4n) is 2.29. The van der Waals surface area contributed by atoms with Gasteiger partial charge in [0.25, 0.3) is 0 Å². The van der Waals surface area contributed by atoms with Gasteiger partial charge in [-0.15, -0.1) is 0 Å². The molecule has 1 aliphatic heterocycles. The summed E-state index contributed by atoms with van der Waals surface area (Å²) in [7, 11) is 0. The lowest BCUT2D eigenvalue weighted by Crippen LogP contribution is -2.45. The van der Waals surface area contributed by atoms with E-state index in [0.717, 1.165) is 18.0 Å². The Bertz CT molecular complexity index is 495. The number of thioether (sulfide) groups is 1. The molecule has 1 saturated heterocycles. The van der Waals surface area contributed by atoms with Gasteiger partial charge in [0.1, 0.15) is 0 Å². The van der Waals surface area contributed by atoms with Gasteiger partial charge in [0.2, 0.25) is 0 Å². The minimum absolute atomic E-state index is 0.0931. The van der Waals surface area contributed by atoms with E-state index in [1.807, 2.05) is 23.9 Å². The molecule has 0 spiro atoms. The maximum atomic E-state index is 8.92. The minimum Gasteiger partial charge on any atom is -0.409 e. The second-order valence-electron chi connectivity index (χ2n) is 4.66. The van der Waals surface area contributed by atoms with E-state index in [4.69, 9.17) is 22.5 Å². The van der Waals surface area contributed by atoms with Gasteiger partial charge in [0.15, 0.2) is 5.84 Å². The van der Waals surface area contributed by atoms with Gasteiger partial charge in [-0.25, -0.2) is 0 Å². The number of hydrogen-bond donors (Lipinski definition) is 2. The molecule has 4 nitrogen and oxygen atoms in total. The molecule has 19 heavy (non-hydrogen) atoms. The minimum atomic E-state index is 0.0931. The highest BCUT2D eigenvalue weighted by atomic mass is 35.5. The van der Waals surface area contributed by atoms with Gasteiger partial charge in [-0.3, -0.25) is 0 Å². The second-order valence-corrected chi connectivity index (χ2v) is 6.58. The maximum absolute atomic E-state index is 8.92. The second kappa shape index (κ2) is 5.92. The summed E-state index contributed by atoms with van der Waals surface area (Å²) in [5.74, 6) is 1.17. The fourth-order valence-corrected chi connectivity index (χ4v) is 3.56. The van der Waals surface area contributed by atoms with Crippen LogP contribution >= 0.6 is 23.4 Å². The van der Waals surface area contributed by atoms with Crippen LogP contribution in [-0.2, 0) is 0 Å². The van der Waals surface area contributed by atoms with Crippen molar-refractivity contribution in [1.82, 2.24) is 0 Å². The van der Waals surface area contributed by atoms with E-state index < -0.39 is 0 Å². The molecule has 1 aromatic carbocycles. The van der Waals surface area contributed by atoms with Crippen LogP contribution in [-0.4, -0.2) is 34.6 Å². The highest BCUT2D eigenvalue weighted by Crippen LogP contribution is 2.32. The van der Waals surface area contributed by atoms with Gasteiger partial charge in [0, 0.05) is 39.9 Å². The van der Waals surface area contributed by atoms with Gasteiger partial charge < -0.3 is 15.8 Å². The molecule has 104 valence electrons. The van der Waals surface area contributed by atoms with Crippen LogP contribution in [0.5, 0.6) is 0 Å². The topological polar surface area (TPSA) is 61.8 Å². The van der Waals surface area contributed by atoms with Crippen molar-refractivity contribution in [3.63, 3.8) is 0 Å². The molecule has 1 fully saturated rings. The first-order valence-corrected chi connectivity index (χ1v) is 7.63. The zero-order chi connectivity index (χ0) is 14.0. The van der Waals surface area contributed by atoms with Crippen LogP contribution < -0.4 is 10.6 Å². The summed E-state index contributed by atoms with van der Waals surface area (Å²) in [6.07, 6.45) is 0. The third kappa shape index (κ3) is 2.92. The van der Waals surface area contributed by atoms with Crippen LogP contribution in [0.2, 0.25) is 5.02 Å². The Labute approximate surface area is 122 Å². The van der Waals surface area contributed by atoms with Crippen LogP contribution in [0.1, 0.15) is 19.4 Å². The molecule has 6 heteroatoms. The summed E-state index contributed by atoms with van der Waals surface area (Å²) in [5, 5.41) is 13.1. The molecule has 0 radical (unpaired) electrons. The van der Waals surface area contributed by atoms with E-state index in [9.17, 15) is 0 Å². The van der Waals surface area contributed by atoms with Crippen LogP contribution in [0, 0.1) is 0 Å². The summed E-state index contributed by atoms with van der Waals surface area (Å²) >= 11 is 7.98. The molecule has 0 bridgehead atoms. The molecular formula is C13H18ClN3OS. The molecule has 2 rings (SSSR count). The predicted octanol–water partition coefficient (Wildman–Crippen LogP) is 2.76. The van der Waals surface area contributed by atoms with Crippen molar-refractivity contribution in [1.29, 1.82) is 0 Å². The van der Waals surface area contributed by atoms with E-state index in [1.54, 1.807) is 6.07 Å². The lowest BCUT2D eigenvalue weighted by molar-refractivity contribution is 0.318. The molecule has 3 N–H and O–H groups in total. The van der Waals surface area contributed by atoms with Crippen molar-refractivity contribution >= 4 is 34.9 Å². The molecule has 0 amide bonds. The van der Waals surface area contributed by atoms with E-state index in [0.29, 0.717) is 21.9 Å². The van der Waals surface area contributed by atoms with Crippen LogP contribution in [0.4, 0.5) is 5.69 Å². The fraction of sp³-hybridized carbons (Fsp3) is 0.462. The van der Waals surface area contributed by atoms with Gasteiger partial charge in [-0.2, -0.15) is 11.8 Å². The first-order valence-electron chi connectivity index (χ1n) is 6.20. The van der Waals surface area contributed by atoms with Crippen LogP contribution in [0.25, 0.3) is 0 Å². The quantitative estimate of drug-likeness (QED) is 0.381. The number of nitrogens with two attached hydrogens (primary N) is 1. The third-order valence-corrected chi connectivity index (χ3v) is 5.11. The Balaban J connectivity index is 2.44. The molecule has 2 atom stereocenters. The molecule has 1 aromatic rings. The Morgan fingerprint density at radius 2 is 2.26 bits per heavy atom. The average Bonchev–Trinajstić information content (AvgIpc) is 2.41. The molecule has 0 aromatic heterocycles. The number of halogens is 1. The number of oxime groups is 1. The van der Waals surface area contributed by atoms with E-state index in [1.165, 1.54) is 0 Å². The van der Waals surface area contributed by atoms with E-state index >= 15 is 0 Å². The first-order chi connectivity index (χ1) is 9.04. The number of rotatable bonds is 2. The Hall–Kier alpha value is -1.07. The zero-order valence-corrected chi connectivity index (χ0v) is 12.6. The normalized spacial score (nSPS) is 24.6. The highest BCUT2D eigenvalue weighted by Gasteiger charge is 2.27. The summed E-state index contributed by atoms with van der Waals surface area (Å²) in [6, 6.07) is 5.91. The smallest absolute Gasteiger partial charge is 0.172 e. The van der Waals surface area contributed by atoms with Crippen LogP contribution in [0.15, 0.2) is 23.4 Å². The first kappa shape index (κ1) is 14.3. The van der Waals surface area contributed by atoms with Crippen LogP contribution in [0.3, 0.4) is 0 Å². The third-order valence-electron chi connectivity index (χ3n) is 3.54. The molecule has 1 heterocycles. The Morgan fingerprint density at radius 1 is 1.53 bits per heavy atom. The van der Waals surface area contributed by atoms with Crippen molar-refractivity contribution in [2.24, 2.45) is 10.9 Å². The van der Waals surface area contributed by atoms with Gasteiger partial charge in [-0.1, -0.05) is 23.7 Å². The summed E-state index contributed by atoms with van der Waals surface area (Å²) in [4.78, 5) is 2.30. The average molecular weight is 300 g/mol. The summed E-state index contributed by atoms with van der Waals surface area (Å²) < 4.78 is 0. The summed E-state index contributed by atoms with van der Waals surface area (Å²) in [6.45, 7) is 5.37. The van der Waals surface area contributed by atoms with Crippen molar-refractivity contribution in [2.75, 3.05) is 17.2 Å². The molecule has 0 saturated carbocycles. The van der Waals surface area contributed by atoms with E-state index in [2.05, 4.69) is 23.9 Å². The number of amidine groups is 1. The zero-order valence-electron chi connectivity index (χ0n) is 11.0. The maximum Gasteiger partial charge on any atom is 0.172 e. The van der Waals surface area contributed by atoms with Gasteiger partial charge >= 0.3 is 0 Å². The van der Waals surface area contributed by atoms with E-state index in [-0.39, 0.29) is 5.84 Å². The number of anilines is 1. The molecular weight excluding hydrogens is 282 g/mol. The summed E-state index contributed by atoms with van der Waals surface area (Å²) in [5.41, 5.74) is 7.41. The number of benzene rings is 1. The van der Waals surface area contributed by atoms with Crippen molar-refractivity contribution in [3.05, 3.63) is 28.8 Å². The lowest BCUT2D eigenvalue weighted by atomic mass is 10.1. The van der Waals surface area contributed by atoms with Crippen molar-refractivity contribution in [3.8, 4) is 0 Å². The predicted molar refractivity (Wildman–Crippen MR) is 82.7 cm³/mol. The largest absolute Gasteiger partial charge is 0.409 e. The Kier molecular flexibility index (Phi) is 4.47. The highest BCUT2D eigenvalue weighted by molar-refractivity contribution is 8.00. The van der Waals surface area contributed by atoms with Crippen molar-refractivity contribution in [2.45, 2.75) is 25.1 Å². The molecule has 2 unspecified atom stereocenters. The van der Waals surface area contributed by atoms with Gasteiger partial charge in [-0.05, 0) is 25.1 Å². The van der Waals surface area contributed by atoms with Crippen molar-refractivity contribution < 1.29 is 5.21 Å². The Morgan fingerprint density at radius 3 is 2.95 bits per heavy atom. The molecule has 1 aliphatic rings. The van der Waals surface area contributed by atoms with Gasteiger partial charge in [0.05, 0.1) is 0 Å². The lowest BCUT2D eigenvalue weighted by Gasteiger charge is -2.40.